The number of hydrogen-bond acceptors (Lipinski definition) is 6. The summed E-state index contributed by atoms with van der Waals surface area (Å²) in [4.78, 5) is 4.72. The third kappa shape index (κ3) is 2.98. The minimum atomic E-state index is -3.08. The largest absolute Gasteiger partial charge is 0.486 e. The van der Waals surface area contributed by atoms with Gasteiger partial charge in [-0.15, -0.1) is 0 Å². The van der Waals surface area contributed by atoms with Gasteiger partial charge in [0.05, 0.1) is 11.4 Å². The van der Waals surface area contributed by atoms with Gasteiger partial charge >= 0.3 is 0 Å². The topological polar surface area (TPSA) is 83.3 Å². The van der Waals surface area contributed by atoms with E-state index in [1.54, 1.807) is 6.08 Å². The van der Waals surface area contributed by atoms with Crippen molar-refractivity contribution in [2.75, 3.05) is 19.0 Å². The molecular weight excluding hydrogens is 354 g/mol. The molecule has 0 N–H and O–H groups in total. The summed E-state index contributed by atoms with van der Waals surface area (Å²) in [6, 6.07) is 5.72. The second-order valence-corrected chi connectivity index (χ2v) is 8.95. The van der Waals surface area contributed by atoms with Gasteiger partial charge in [0.1, 0.15) is 19.0 Å². The number of fused-ring (bicyclic) bond motifs is 1. The number of nitrogens with zero attached hydrogens (tertiary/aromatic N) is 3. The smallest absolute Gasteiger partial charge is 0.171 e. The first-order valence-corrected chi connectivity index (χ1v) is 10.6. The molecule has 2 aromatic rings. The van der Waals surface area contributed by atoms with Gasteiger partial charge in [-0.25, -0.2) is 18.1 Å². The first-order valence-electron chi connectivity index (χ1n) is 8.84. The van der Waals surface area contributed by atoms with Crippen LogP contribution in [0.5, 0.6) is 11.5 Å². The lowest BCUT2D eigenvalue weighted by Gasteiger charge is -2.19. The van der Waals surface area contributed by atoms with Crippen molar-refractivity contribution in [1.82, 2.24) is 14.8 Å². The van der Waals surface area contributed by atoms with Crippen LogP contribution in [0.25, 0.3) is 5.69 Å². The molecule has 3 aliphatic rings. The molecule has 136 valence electrons. The fraction of sp³-hybridized carbons (Fsp3) is 0.444. The van der Waals surface area contributed by atoms with Crippen molar-refractivity contribution in [2.24, 2.45) is 5.92 Å². The van der Waals surface area contributed by atoms with Gasteiger partial charge in [-0.1, -0.05) is 6.08 Å². The monoisotopic (exact) mass is 373 g/mol. The molecular formula is C18H19N3O4S. The molecule has 0 amide bonds. The third-order valence-electron chi connectivity index (χ3n) is 4.85. The molecule has 0 saturated heterocycles. The lowest BCUT2D eigenvalue weighted by Crippen LogP contribution is -2.16. The molecule has 0 radical (unpaired) electrons. The van der Waals surface area contributed by atoms with E-state index in [2.05, 4.69) is 0 Å². The second kappa shape index (κ2) is 5.84. The molecule has 2 aliphatic heterocycles. The predicted molar refractivity (Wildman–Crippen MR) is 94.4 cm³/mol. The zero-order chi connectivity index (χ0) is 17.7. The number of sulfone groups is 1. The fourth-order valence-corrected chi connectivity index (χ4v) is 4.78. The van der Waals surface area contributed by atoms with E-state index in [0.717, 1.165) is 35.9 Å². The normalized spacial score (nSPS) is 23.3. The minimum Gasteiger partial charge on any atom is -0.486 e. The van der Waals surface area contributed by atoms with Gasteiger partial charge in [0.25, 0.3) is 0 Å². The molecule has 1 aromatic carbocycles. The van der Waals surface area contributed by atoms with Crippen LogP contribution in [0.15, 0.2) is 29.7 Å². The highest BCUT2D eigenvalue weighted by molar-refractivity contribution is 7.94. The summed E-state index contributed by atoms with van der Waals surface area (Å²) < 4.78 is 36.5. The zero-order valence-electron chi connectivity index (χ0n) is 14.2. The van der Waals surface area contributed by atoms with Crippen molar-refractivity contribution in [1.29, 1.82) is 0 Å². The summed E-state index contributed by atoms with van der Waals surface area (Å²) in [6.07, 6.45) is 4.53. The van der Waals surface area contributed by atoms with Crippen LogP contribution in [0.1, 0.15) is 30.4 Å². The molecule has 8 heteroatoms. The van der Waals surface area contributed by atoms with Crippen molar-refractivity contribution in [2.45, 2.75) is 25.2 Å². The summed E-state index contributed by atoms with van der Waals surface area (Å²) in [5.74, 6) is 3.57. The molecule has 0 spiro atoms. The van der Waals surface area contributed by atoms with E-state index in [1.165, 1.54) is 5.41 Å². The summed E-state index contributed by atoms with van der Waals surface area (Å²) in [5, 5.41) is 6.02. The van der Waals surface area contributed by atoms with Gasteiger partial charge in [-0.05, 0) is 30.9 Å². The van der Waals surface area contributed by atoms with Gasteiger partial charge in [-0.2, -0.15) is 5.10 Å². The zero-order valence-corrected chi connectivity index (χ0v) is 15.0. The second-order valence-electron chi connectivity index (χ2n) is 7.02. The molecule has 26 heavy (non-hydrogen) atoms. The van der Waals surface area contributed by atoms with E-state index in [4.69, 9.17) is 19.6 Å². The molecule has 1 aliphatic carbocycles. The van der Waals surface area contributed by atoms with Crippen LogP contribution in [-0.2, 0) is 16.3 Å². The Kier molecular flexibility index (Phi) is 3.56. The summed E-state index contributed by atoms with van der Waals surface area (Å²) in [5.41, 5.74) is 0.855. The highest BCUT2D eigenvalue weighted by atomic mass is 32.2. The molecule has 3 heterocycles. The summed E-state index contributed by atoms with van der Waals surface area (Å²) in [7, 11) is -3.08. The van der Waals surface area contributed by atoms with Crippen LogP contribution in [0.3, 0.4) is 0 Å². The average Bonchev–Trinajstić information content (AvgIpc) is 3.31. The molecule has 0 unspecified atom stereocenters. The Labute approximate surface area is 151 Å². The maximum Gasteiger partial charge on any atom is 0.171 e. The van der Waals surface area contributed by atoms with Crippen molar-refractivity contribution in [3.63, 3.8) is 0 Å². The van der Waals surface area contributed by atoms with Gasteiger partial charge in [0.15, 0.2) is 27.2 Å². The predicted octanol–water partition coefficient (Wildman–Crippen LogP) is 2.02. The van der Waals surface area contributed by atoms with Crippen LogP contribution in [0.2, 0.25) is 0 Å². The Morgan fingerprint density at radius 1 is 1.15 bits per heavy atom. The van der Waals surface area contributed by atoms with E-state index in [9.17, 15) is 8.42 Å². The Balaban J connectivity index is 1.50. The van der Waals surface area contributed by atoms with Crippen molar-refractivity contribution in [3.05, 3.63) is 41.3 Å². The molecule has 0 bridgehead atoms. The Morgan fingerprint density at radius 2 is 1.96 bits per heavy atom. The number of benzene rings is 1. The van der Waals surface area contributed by atoms with Crippen LogP contribution in [0, 0.1) is 5.92 Å². The Bertz CT molecular complexity index is 992. The van der Waals surface area contributed by atoms with E-state index in [0.29, 0.717) is 31.3 Å². The Hall–Kier alpha value is -2.35. The SMILES string of the molecule is O=S1(=O)C=C[C@@H](Cc2nc(C3CC3)nn2-c2ccc3c(c2)OCCO3)C1. The van der Waals surface area contributed by atoms with E-state index in [-0.39, 0.29) is 11.7 Å². The number of aromatic nitrogens is 3. The van der Waals surface area contributed by atoms with Crippen molar-refractivity contribution >= 4 is 9.84 Å². The highest BCUT2D eigenvalue weighted by Gasteiger charge is 2.31. The number of allylic oxidation sites excluding steroid dienone is 1. The van der Waals surface area contributed by atoms with E-state index < -0.39 is 9.84 Å². The van der Waals surface area contributed by atoms with Crippen molar-refractivity contribution < 1.29 is 17.9 Å². The van der Waals surface area contributed by atoms with Gasteiger partial charge in [0.2, 0.25) is 0 Å². The lowest BCUT2D eigenvalue weighted by molar-refractivity contribution is 0.171. The highest BCUT2D eigenvalue weighted by Crippen LogP contribution is 2.39. The number of ether oxygens (including phenoxy) is 2. The molecule has 1 aromatic heterocycles. The van der Waals surface area contributed by atoms with Crippen LogP contribution < -0.4 is 9.47 Å². The molecule has 1 saturated carbocycles. The molecule has 1 atom stereocenters. The van der Waals surface area contributed by atoms with Crippen molar-refractivity contribution in [3.8, 4) is 17.2 Å². The maximum absolute atomic E-state index is 11.7. The summed E-state index contributed by atoms with van der Waals surface area (Å²) in [6.45, 7) is 1.08. The molecule has 7 nitrogen and oxygen atoms in total. The third-order valence-corrected chi connectivity index (χ3v) is 6.32. The van der Waals surface area contributed by atoms with E-state index in [1.807, 2.05) is 22.9 Å². The standard InChI is InChI=1S/C18H19N3O4S/c22-26(23)8-5-12(11-26)9-17-19-18(13-1-2-13)20-21(17)14-3-4-15-16(10-14)25-7-6-24-15/h3-5,8,10,12-13H,1-2,6-7,9,11H2/t12-/m0/s1. The van der Waals surface area contributed by atoms with Gasteiger partial charge in [-0.3, -0.25) is 0 Å². The van der Waals surface area contributed by atoms with Gasteiger partial charge in [0, 0.05) is 23.8 Å². The van der Waals surface area contributed by atoms with Crippen LogP contribution in [-0.4, -0.2) is 42.1 Å². The quantitative estimate of drug-likeness (QED) is 0.815. The first kappa shape index (κ1) is 15.9. The Morgan fingerprint density at radius 3 is 2.69 bits per heavy atom. The lowest BCUT2D eigenvalue weighted by atomic mass is 10.1. The number of hydrogen-bond donors (Lipinski definition) is 0. The molecule has 5 rings (SSSR count). The van der Waals surface area contributed by atoms with E-state index >= 15 is 0 Å². The fourth-order valence-electron chi connectivity index (χ4n) is 3.38. The maximum atomic E-state index is 11.7. The summed E-state index contributed by atoms with van der Waals surface area (Å²) >= 11 is 0. The number of rotatable bonds is 4. The minimum absolute atomic E-state index is 0.0628. The van der Waals surface area contributed by atoms with Gasteiger partial charge < -0.3 is 9.47 Å². The first-order chi connectivity index (χ1) is 12.6. The van der Waals surface area contributed by atoms with Crippen LogP contribution in [0.4, 0.5) is 0 Å². The average molecular weight is 373 g/mol. The molecule has 1 fully saturated rings. The van der Waals surface area contributed by atoms with Crippen LogP contribution >= 0.6 is 0 Å².